The zero-order valence-electron chi connectivity index (χ0n) is 17.4. The van der Waals surface area contributed by atoms with E-state index in [1.165, 1.54) is 13.0 Å². The van der Waals surface area contributed by atoms with Crippen LogP contribution in [-0.4, -0.2) is 46.7 Å². The number of urea groups is 1. The number of carbonyl (C=O) groups is 4. The molecule has 1 saturated heterocycles. The van der Waals surface area contributed by atoms with E-state index < -0.39 is 35.8 Å². The fourth-order valence-electron chi connectivity index (χ4n) is 3.68. The van der Waals surface area contributed by atoms with Crippen molar-refractivity contribution in [3.63, 3.8) is 0 Å². The van der Waals surface area contributed by atoms with Crippen LogP contribution in [0.4, 0.5) is 4.79 Å². The number of imide groups is 1. The molecule has 10 heteroatoms. The third-order valence-corrected chi connectivity index (χ3v) is 5.79. The smallest absolute Gasteiger partial charge is 0.340 e. The molecule has 0 saturated carbocycles. The molecule has 1 fully saturated rings. The number of aryl methyl sites for hydroxylation is 1. The van der Waals surface area contributed by atoms with Gasteiger partial charge >= 0.3 is 12.0 Å². The normalized spacial score (nSPS) is 18.3. The van der Waals surface area contributed by atoms with Crippen LogP contribution in [0.25, 0.3) is 0 Å². The summed E-state index contributed by atoms with van der Waals surface area (Å²) >= 11 is 12.2. The molecule has 8 nitrogen and oxygen atoms in total. The number of halogens is 2. The maximum absolute atomic E-state index is 13.1. The molecule has 2 N–H and O–H groups in total. The quantitative estimate of drug-likeness (QED) is 0.383. The highest BCUT2D eigenvalue weighted by Crippen LogP contribution is 2.35. The fraction of sp³-hybridized carbons (Fsp3) is 0.333. The standard InChI is InChI=1S/C21H21Cl2N3O5/c1-5-31-18(28)16-10(2)17(24-11(16)3)15(27)9-26-19(29)21(4,25-20(26)30)13-7-6-12(22)8-14(13)23/h6-8,24H,5,9H2,1-4H3,(H,25,30)/t21-/m1/s1. The van der Waals surface area contributed by atoms with E-state index in [4.69, 9.17) is 27.9 Å². The zero-order valence-corrected chi connectivity index (χ0v) is 18.9. The highest BCUT2D eigenvalue weighted by Gasteiger charge is 2.50. The van der Waals surface area contributed by atoms with Crippen molar-refractivity contribution in [1.82, 2.24) is 15.2 Å². The Morgan fingerprint density at radius 1 is 1.19 bits per heavy atom. The summed E-state index contributed by atoms with van der Waals surface area (Å²) in [4.78, 5) is 54.4. The van der Waals surface area contributed by atoms with Crippen LogP contribution in [0.1, 0.15) is 51.5 Å². The molecule has 3 amide bonds. The number of hydrogen-bond donors (Lipinski definition) is 2. The minimum absolute atomic E-state index is 0.138. The maximum Gasteiger partial charge on any atom is 0.340 e. The summed E-state index contributed by atoms with van der Waals surface area (Å²) in [7, 11) is 0. The van der Waals surface area contributed by atoms with Gasteiger partial charge in [0.1, 0.15) is 5.54 Å². The monoisotopic (exact) mass is 465 g/mol. The number of aromatic nitrogens is 1. The van der Waals surface area contributed by atoms with Crippen LogP contribution in [0.2, 0.25) is 10.0 Å². The number of aromatic amines is 1. The Labute approximate surface area is 188 Å². The SMILES string of the molecule is CCOC(=O)c1c(C)[nH]c(C(=O)CN2C(=O)N[C@](C)(c3ccc(Cl)cc3Cl)C2=O)c1C. The fourth-order valence-corrected chi connectivity index (χ4v) is 4.28. The van der Waals surface area contributed by atoms with Gasteiger partial charge in [-0.3, -0.25) is 14.5 Å². The second-order valence-corrected chi connectivity index (χ2v) is 8.18. The van der Waals surface area contributed by atoms with Crippen LogP contribution in [0.3, 0.4) is 0 Å². The Morgan fingerprint density at radius 2 is 1.87 bits per heavy atom. The van der Waals surface area contributed by atoms with Crippen molar-refractivity contribution in [1.29, 1.82) is 0 Å². The molecular weight excluding hydrogens is 445 g/mol. The van der Waals surface area contributed by atoms with Crippen LogP contribution < -0.4 is 5.32 Å². The first-order valence-corrected chi connectivity index (χ1v) is 10.3. The minimum atomic E-state index is -1.45. The molecular formula is C21H21Cl2N3O5. The van der Waals surface area contributed by atoms with Gasteiger partial charge in [0, 0.05) is 21.3 Å². The summed E-state index contributed by atoms with van der Waals surface area (Å²) in [6.07, 6.45) is 0. The van der Waals surface area contributed by atoms with Crippen molar-refractivity contribution < 1.29 is 23.9 Å². The van der Waals surface area contributed by atoms with E-state index >= 15 is 0 Å². The summed E-state index contributed by atoms with van der Waals surface area (Å²) in [5.41, 5.74) is 0.184. The van der Waals surface area contributed by atoms with Crippen molar-refractivity contribution in [2.75, 3.05) is 13.2 Å². The topological polar surface area (TPSA) is 109 Å². The molecule has 1 aromatic heterocycles. The lowest BCUT2D eigenvalue weighted by molar-refractivity contribution is -0.130. The van der Waals surface area contributed by atoms with E-state index in [1.54, 1.807) is 32.9 Å². The lowest BCUT2D eigenvalue weighted by atomic mass is 9.92. The Balaban J connectivity index is 1.88. The number of Topliss-reactive ketones (excluding diaryl/α,β-unsaturated/α-hetero) is 1. The van der Waals surface area contributed by atoms with Gasteiger partial charge < -0.3 is 15.0 Å². The van der Waals surface area contributed by atoms with Crippen molar-refractivity contribution in [2.24, 2.45) is 0 Å². The molecule has 1 aromatic carbocycles. The molecule has 2 aromatic rings. The van der Waals surface area contributed by atoms with Crippen molar-refractivity contribution >= 4 is 46.9 Å². The number of ether oxygens (including phenoxy) is 1. The molecule has 1 aliphatic rings. The second kappa shape index (κ2) is 8.36. The highest BCUT2D eigenvalue weighted by molar-refractivity contribution is 6.35. The number of nitrogens with zero attached hydrogens (tertiary/aromatic N) is 1. The first-order valence-electron chi connectivity index (χ1n) is 9.50. The Hall–Kier alpha value is -2.84. The minimum Gasteiger partial charge on any atom is -0.462 e. The molecule has 0 radical (unpaired) electrons. The Kier molecular flexibility index (Phi) is 6.16. The molecule has 0 unspecified atom stereocenters. The number of rotatable bonds is 6. The molecule has 164 valence electrons. The summed E-state index contributed by atoms with van der Waals surface area (Å²) in [6.45, 7) is 6.13. The third-order valence-electron chi connectivity index (χ3n) is 5.24. The lowest BCUT2D eigenvalue weighted by Crippen LogP contribution is -2.41. The number of H-pyrrole nitrogens is 1. The van der Waals surface area contributed by atoms with Crippen molar-refractivity contribution in [2.45, 2.75) is 33.2 Å². The van der Waals surface area contributed by atoms with Gasteiger partial charge in [0.05, 0.1) is 24.4 Å². The van der Waals surface area contributed by atoms with Gasteiger partial charge in [-0.25, -0.2) is 9.59 Å². The van der Waals surface area contributed by atoms with Crippen LogP contribution in [-0.2, 0) is 15.1 Å². The molecule has 0 bridgehead atoms. The van der Waals surface area contributed by atoms with Gasteiger partial charge in [0.15, 0.2) is 5.78 Å². The van der Waals surface area contributed by atoms with Crippen molar-refractivity contribution in [3.05, 3.63) is 56.3 Å². The van der Waals surface area contributed by atoms with Crippen LogP contribution in [0.15, 0.2) is 18.2 Å². The van der Waals surface area contributed by atoms with Crippen LogP contribution >= 0.6 is 23.2 Å². The molecule has 1 aliphatic heterocycles. The second-order valence-electron chi connectivity index (χ2n) is 7.34. The molecule has 0 aliphatic carbocycles. The van der Waals surface area contributed by atoms with Gasteiger partial charge in [0.2, 0.25) is 0 Å². The summed E-state index contributed by atoms with van der Waals surface area (Å²) in [5.74, 6) is -1.69. The summed E-state index contributed by atoms with van der Waals surface area (Å²) in [6, 6.07) is 3.86. The maximum atomic E-state index is 13.1. The Bertz CT molecular complexity index is 1110. The number of benzene rings is 1. The highest BCUT2D eigenvalue weighted by atomic mass is 35.5. The van der Waals surface area contributed by atoms with Gasteiger partial charge in [0.25, 0.3) is 5.91 Å². The number of ketones is 1. The molecule has 2 heterocycles. The molecule has 0 spiro atoms. The van der Waals surface area contributed by atoms with Crippen LogP contribution in [0.5, 0.6) is 0 Å². The number of nitrogens with one attached hydrogen (secondary N) is 2. The number of hydrogen-bond acceptors (Lipinski definition) is 5. The lowest BCUT2D eigenvalue weighted by Gasteiger charge is -2.23. The average molecular weight is 466 g/mol. The molecule has 31 heavy (non-hydrogen) atoms. The van der Waals surface area contributed by atoms with Crippen LogP contribution in [0, 0.1) is 13.8 Å². The largest absolute Gasteiger partial charge is 0.462 e. The summed E-state index contributed by atoms with van der Waals surface area (Å²) in [5, 5.41) is 3.20. The van der Waals surface area contributed by atoms with E-state index in [2.05, 4.69) is 10.3 Å². The number of esters is 1. The number of amides is 3. The van der Waals surface area contributed by atoms with Gasteiger partial charge in [-0.15, -0.1) is 0 Å². The van der Waals surface area contributed by atoms with E-state index in [0.717, 1.165) is 4.90 Å². The first-order chi connectivity index (χ1) is 14.5. The van der Waals surface area contributed by atoms with E-state index in [0.29, 0.717) is 21.8 Å². The Morgan fingerprint density at radius 3 is 2.48 bits per heavy atom. The number of carbonyl (C=O) groups excluding carboxylic acids is 4. The summed E-state index contributed by atoms with van der Waals surface area (Å²) < 4.78 is 5.03. The van der Waals surface area contributed by atoms with E-state index in [9.17, 15) is 19.2 Å². The van der Waals surface area contributed by atoms with Gasteiger partial charge in [-0.1, -0.05) is 29.3 Å². The predicted octanol–water partition coefficient (Wildman–Crippen LogP) is 3.76. The van der Waals surface area contributed by atoms with Gasteiger partial charge in [-0.2, -0.15) is 0 Å². The predicted molar refractivity (Wildman–Crippen MR) is 115 cm³/mol. The molecule has 3 rings (SSSR count). The molecule has 1 atom stereocenters. The van der Waals surface area contributed by atoms with E-state index in [-0.39, 0.29) is 22.9 Å². The third kappa shape index (κ3) is 3.93. The zero-order chi connectivity index (χ0) is 23.1. The van der Waals surface area contributed by atoms with Gasteiger partial charge in [-0.05, 0) is 45.4 Å². The first kappa shape index (κ1) is 22.8. The van der Waals surface area contributed by atoms with Crippen molar-refractivity contribution in [3.8, 4) is 0 Å². The average Bonchev–Trinajstić information content (AvgIpc) is 3.09. The van der Waals surface area contributed by atoms with E-state index in [1.807, 2.05) is 0 Å².